The predicted octanol–water partition coefficient (Wildman–Crippen LogP) is 3.30. The summed E-state index contributed by atoms with van der Waals surface area (Å²) in [7, 11) is 0. The molecule has 4 fully saturated rings. The Morgan fingerprint density at radius 3 is 3.04 bits per heavy atom. The molecular weight excluding hydrogens is 330 g/mol. The van der Waals surface area contributed by atoms with Gasteiger partial charge in [-0.05, 0) is 75.3 Å². The molecule has 4 rings (SSSR count). The van der Waals surface area contributed by atoms with Crippen molar-refractivity contribution in [2.45, 2.75) is 64.0 Å². The maximum atomic E-state index is 11.5. The molecule has 2 aliphatic carbocycles. The van der Waals surface area contributed by atoms with E-state index in [1.165, 1.54) is 18.4 Å². The lowest BCUT2D eigenvalue weighted by Gasteiger charge is -2.57. The number of carbonyl (C=O) groups is 1. The SMILES string of the molecule is C=C1CCC2C3COCOC3CCC2(C)C1CCN1CCCC1C(=O)O. The first-order valence-corrected chi connectivity index (χ1v) is 10.3. The highest BCUT2D eigenvalue weighted by molar-refractivity contribution is 5.73. The van der Waals surface area contributed by atoms with E-state index in [1.54, 1.807) is 0 Å². The Labute approximate surface area is 156 Å². The summed E-state index contributed by atoms with van der Waals surface area (Å²) in [5.74, 6) is 0.966. The minimum atomic E-state index is -0.661. The third kappa shape index (κ3) is 3.12. The molecule has 0 aromatic carbocycles. The number of allylic oxidation sites excluding steroid dienone is 1. The van der Waals surface area contributed by atoms with E-state index in [1.807, 2.05) is 0 Å². The Hall–Kier alpha value is -0.910. The molecule has 2 saturated carbocycles. The Morgan fingerprint density at radius 1 is 1.38 bits per heavy atom. The van der Waals surface area contributed by atoms with E-state index in [-0.39, 0.29) is 11.5 Å². The minimum absolute atomic E-state index is 0.249. The van der Waals surface area contributed by atoms with E-state index in [0.29, 0.717) is 30.7 Å². The summed E-state index contributed by atoms with van der Waals surface area (Å²) in [5.41, 5.74) is 1.63. The fourth-order valence-corrected chi connectivity index (χ4v) is 6.51. The molecule has 26 heavy (non-hydrogen) atoms. The Balaban J connectivity index is 1.48. The number of carboxylic acids is 1. The second-order valence-electron chi connectivity index (χ2n) is 9.08. The van der Waals surface area contributed by atoms with Gasteiger partial charge in [0.25, 0.3) is 0 Å². The molecule has 5 heteroatoms. The fourth-order valence-electron chi connectivity index (χ4n) is 6.51. The summed E-state index contributed by atoms with van der Waals surface area (Å²) in [4.78, 5) is 13.7. The van der Waals surface area contributed by atoms with Crippen LogP contribution in [0.2, 0.25) is 0 Å². The topological polar surface area (TPSA) is 59.0 Å². The van der Waals surface area contributed by atoms with Gasteiger partial charge in [0.1, 0.15) is 12.8 Å². The third-order valence-corrected chi connectivity index (χ3v) is 7.90. The number of hydrogen-bond acceptors (Lipinski definition) is 4. The van der Waals surface area contributed by atoms with Crippen LogP contribution in [-0.4, -0.2) is 54.6 Å². The second-order valence-corrected chi connectivity index (χ2v) is 9.08. The van der Waals surface area contributed by atoms with Crippen molar-refractivity contribution in [2.75, 3.05) is 26.5 Å². The molecule has 4 aliphatic rings. The zero-order valence-electron chi connectivity index (χ0n) is 16.0. The lowest BCUT2D eigenvalue weighted by atomic mass is 9.50. The van der Waals surface area contributed by atoms with Crippen molar-refractivity contribution in [1.82, 2.24) is 4.90 Å². The van der Waals surface area contributed by atoms with Crippen molar-refractivity contribution in [2.24, 2.45) is 23.2 Å². The van der Waals surface area contributed by atoms with E-state index >= 15 is 0 Å². The van der Waals surface area contributed by atoms with E-state index < -0.39 is 5.97 Å². The van der Waals surface area contributed by atoms with Crippen LogP contribution in [0.5, 0.6) is 0 Å². The van der Waals surface area contributed by atoms with Crippen LogP contribution in [0.15, 0.2) is 12.2 Å². The van der Waals surface area contributed by atoms with E-state index in [4.69, 9.17) is 9.47 Å². The summed E-state index contributed by atoms with van der Waals surface area (Å²) in [6, 6.07) is -0.286. The van der Waals surface area contributed by atoms with Gasteiger partial charge in [-0.1, -0.05) is 19.1 Å². The number of aliphatic carboxylic acids is 1. The normalized spacial score (nSPS) is 43.7. The van der Waals surface area contributed by atoms with Crippen molar-refractivity contribution in [3.8, 4) is 0 Å². The molecule has 5 nitrogen and oxygen atoms in total. The molecule has 1 N–H and O–H groups in total. The van der Waals surface area contributed by atoms with Gasteiger partial charge in [-0.2, -0.15) is 0 Å². The average Bonchev–Trinajstić information content (AvgIpc) is 3.09. The first kappa shape index (κ1) is 18.5. The molecule has 0 amide bonds. The number of likely N-dealkylation sites (tertiary alicyclic amines) is 1. The first-order valence-electron chi connectivity index (χ1n) is 10.3. The number of ether oxygens (including phenoxy) is 2. The van der Waals surface area contributed by atoms with Gasteiger partial charge in [-0.25, -0.2) is 0 Å². The van der Waals surface area contributed by atoms with Crippen molar-refractivity contribution < 1.29 is 19.4 Å². The van der Waals surface area contributed by atoms with E-state index in [0.717, 1.165) is 51.8 Å². The molecule has 2 aliphatic heterocycles. The fraction of sp³-hybridized carbons (Fsp3) is 0.857. The molecule has 2 saturated heterocycles. The number of hydrogen-bond donors (Lipinski definition) is 1. The second kappa shape index (κ2) is 7.25. The molecule has 0 spiro atoms. The monoisotopic (exact) mass is 363 g/mol. The smallest absolute Gasteiger partial charge is 0.320 e. The van der Waals surface area contributed by atoms with Gasteiger partial charge in [0, 0.05) is 5.92 Å². The molecule has 0 aromatic rings. The number of nitrogens with zero attached hydrogens (tertiary/aromatic N) is 1. The molecule has 0 aromatic heterocycles. The molecule has 0 radical (unpaired) electrons. The summed E-state index contributed by atoms with van der Waals surface area (Å²) < 4.78 is 11.6. The quantitative estimate of drug-likeness (QED) is 0.777. The summed E-state index contributed by atoms with van der Waals surface area (Å²) in [5, 5.41) is 9.45. The Bertz CT molecular complexity index is 564. The number of rotatable bonds is 4. The number of carboxylic acid groups (broad SMARTS) is 1. The van der Waals surface area contributed by atoms with Crippen LogP contribution in [-0.2, 0) is 14.3 Å². The van der Waals surface area contributed by atoms with Crippen molar-refractivity contribution in [3.63, 3.8) is 0 Å². The number of fused-ring (bicyclic) bond motifs is 3. The zero-order valence-corrected chi connectivity index (χ0v) is 16.0. The maximum Gasteiger partial charge on any atom is 0.320 e. The highest BCUT2D eigenvalue weighted by Crippen LogP contribution is 2.58. The van der Waals surface area contributed by atoms with E-state index in [9.17, 15) is 9.90 Å². The molecule has 2 heterocycles. The predicted molar refractivity (Wildman–Crippen MR) is 98.7 cm³/mol. The van der Waals surface area contributed by atoms with Crippen molar-refractivity contribution >= 4 is 5.97 Å². The van der Waals surface area contributed by atoms with Gasteiger partial charge in [-0.15, -0.1) is 0 Å². The van der Waals surface area contributed by atoms with Gasteiger partial charge < -0.3 is 14.6 Å². The zero-order chi connectivity index (χ0) is 18.3. The maximum absolute atomic E-state index is 11.5. The van der Waals surface area contributed by atoms with Gasteiger partial charge in [0.05, 0.1) is 12.7 Å². The standard InChI is InChI=1S/C21H33NO4/c1-14-5-6-17-15-12-25-13-26-19(15)7-9-21(17,2)16(14)8-11-22-10-3-4-18(22)20(23)24/h15-19H,1,3-13H2,2H3,(H,23,24). The Kier molecular flexibility index (Phi) is 5.15. The summed E-state index contributed by atoms with van der Waals surface area (Å²) in [6.45, 7) is 9.97. The van der Waals surface area contributed by atoms with Crippen LogP contribution < -0.4 is 0 Å². The molecular formula is C21H33NO4. The molecule has 6 unspecified atom stereocenters. The summed E-state index contributed by atoms with van der Waals surface area (Å²) >= 11 is 0. The molecule has 6 atom stereocenters. The van der Waals surface area contributed by atoms with Crippen LogP contribution in [0.4, 0.5) is 0 Å². The molecule has 0 bridgehead atoms. The van der Waals surface area contributed by atoms with Crippen molar-refractivity contribution in [3.05, 3.63) is 12.2 Å². The highest BCUT2D eigenvalue weighted by atomic mass is 16.7. The highest BCUT2D eigenvalue weighted by Gasteiger charge is 2.53. The lowest BCUT2D eigenvalue weighted by Crippen LogP contribution is -2.54. The van der Waals surface area contributed by atoms with Crippen LogP contribution in [0.1, 0.15) is 51.9 Å². The third-order valence-electron chi connectivity index (χ3n) is 7.90. The van der Waals surface area contributed by atoms with Gasteiger partial charge in [-0.3, -0.25) is 9.69 Å². The van der Waals surface area contributed by atoms with Crippen LogP contribution in [0.25, 0.3) is 0 Å². The average molecular weight is 363 g/mol. The van der Waals surface area contributed by atoms with Crippen LogP contribution in [0.3, 0.4) is 0 Å². The summed E-state index contributed by atoms with van der Waals surface area (Å²) in [6.07, 6.45) is 7.79. The van der Waals surface area contributed by atoms with Crippen molar-refractivity contribution in [1.29, 1.82) is 0 Å². The van der Waals surface area contributed by atoms with Gasteiger partial charge in [0.15, 0.2) is 0 Å². The molecule has 146 valence electrons. The van der Waals surface area contributed by atoms with Gasteiger partial charge in [0.2, 0.25) is 0 Å². The Morgan fingerprint density at radius 2 is 2.23 bits per heavy atom. The minimum Gasteiger partial charge on any atom is -0.480 e. The first-order chi connectivity index (χ1) is 12.5. The van der Waals surface area contributed by atoms with Gasteiger partial charge >= 0.3 is 5.97 Å². The lowest BCUT2D eigenvalue weighted by molar-refractivity contribution is -0.218. The van der Waals surface area contributed by atoms with E-state index in [2.05, 4.69) is 18.4 Å². The van der Waals surface area contributed by atoms with Crippen LogP contribution in [0, 0.1) is 23.2 Å². The van der Waals surface area contributed by atoms with Crippen LogP contribution >= 0.6 is 0 Å². The largest absolute Gasteiger partial charge is 0.480 e.